The summed E-state index contributed by atoms with van der Waals surface area (Å²) in [5.41, 5.74) is -1.29. The quantitative estimate of drug-likeness (QED) is 0.491. The molecule has 0 saturated carbocycles. The summed E-state index contributed by atoms with van der Waals surface area (Å²) in [6, 6.07) is 6.95. The molecule has 0 unspecified atom stereocenters. The largest absolute Gasteiger partial charge is 0.491 e. The normalized spacial score (nSPS) is 12.5. The van der Waals surface area contributed by atoms with E-state index in [9.17, 15) is 30.0 Å². The number of sulfonamides is 1. The van der Waals surface area contributed by atoms with Crippen molar-refractivity contribution in [2.45, 2.75) is 48.6 Å². The Morgan fingerprint density at radius 2 is 1.65 bits per heavy atom. The van der Waals surface area contributed by atoms with Gasteiger partial charge in [-0.1, -0.05) is 32.3 Å². The number of alkyl halides is 3. The topological polar surface area (TPSA) is 89.5 Å². The van der Waals surface area contributed by atoms with Crippen LogP contribution in [0.25, 0.3) is 0 Å². The van der Waals surface area contributed by atoms with Gasteiger partial charge in [0.15, 0.2) is 9.84 Å². The van der Waals surface area contributed by atoms with Gasteiger partial charge in [-0.15, -0.1) is 0 Å². The highest BCUT2D eigenvalue weighted by molar-refractivity contribution is 7.92. The van der Waals surface area contributed by atoms with E-state index >= 15 is 0 Å². The molecule has 6 nitrogen and oxygen atoms in total. The molecule has 0 heterocycles. The summed E-state index contributed by atoms with van der Waals surface area (Å²) in [6.07, 6.45) is -0.117. The first-order chi connectivity index (χ1) is 14.3. The van der Waals surface area contributed by atoms with Gasteiger partial charge in [-0.3, -0.25) is 4.72 Å². The van der Waals surface area contributed by atoms with Gasteiger partial charge in [0, 0.05) is 6.26 Å². The highest BCUT2D eigenvalue weighted by Gasteiger charge is 2.32. The van der Waals surface area contributed by atoms with Gasteiger partial charge in [-0.2, -0.15) is 13.2 Å². The van der Waals surface area contributed by atoms with Crippen molar-refractivity contribution >= 4 is 25.5 Å². The Hall–Kier alpha value is -2.27. The average molecular weight is 480 g/mol. The maximum Gasteiger partial charge on any atom is 0.416 e. The zero-order chi connectivity index (χ0) is 23.3. The van der Waals surface area contributed by atoms with Gasteiger partial charge in [0.2, 0.25) is 0 Å². The van der Waals surface area contributed by atoms with E-state index in [4.69, 9.17) is 4.74 Å². The molecule has 0 atom stereocenters. The minimum Gasteiger partial charge on any atom is -0.491 e. The van der Waals surface area contributed by atoms with Crippen molar-refractivity contribution in [2.24, 2.45) is 0 Å². The third kappa shape index (κ3) is 7.13. The summed E-state index contributed by atoms with van der Waals surface area (Å²) in [7, 11) is -8.10. The Labute approximate surface area is 180 Å². The number of nitrogens with one attached hydrogen (secondary N) is 1. The Morgan fingerprint density at radius 1 is 0.935 bits per heavy atom. The van der Waals surface area contributed by atoms with Crippen molar-refractivity contribution in [3.05, 3.63) is 48.0 Å². The lowest BCUT2D eigenvalue weighted by Crippen LogP contribution is -2.16. The average Bonchev–Trinajstić information content (AvgIpc) is 2.67. The van der Waals surface area contributed by atoms with Crippen LogP contribution in [0.3, 0.4) is 0 Å². The van der Waals surface area contributed by atoms with E-state index in [1.54, 1.807) is 0 Å². The Kier molecular flexibility index (Phi) is 7.98. The molecule has 0 fully saturated rings. The van der Waals surface area contributed by atoms with Crippen LogP contribution in [0.15, 0.2) is 52.3 Å². The minimum atomic E-state index is -4.71. The van der Waals surface area contributed by atoms with E-state index in [0.717, 1.165) is 49.8 Å². The molecule has 0 aromatic heterocycles. The first kappa shape index (κ1) is 25.0. The summed E-state index contributed by atoms with van der Waals surface area (Å²) in [4.78, 5) is -0.770. The standard InChI is InChI=1S/C20H24F3NO5S2/c1-3-4-5-6-12-29-19-11-10-16(30(2,25)26)14-18(19)24-31(27,28)17-9-7-8-15(13-17)20(21,22)23/h7-11,13-14,24H,3-6,12H2,1-2H3. The number of hydrogen-bond donors (Lipinski definition) is 1. The number of ether oxygens (including phenoxy) is 1. The number of unbranched alkanes of at least 4 members (excludes halogenated alkanes) is 3. The van der Waals surface area contributed by atoms with Crippen LogP contribution < -0.4 is 9.46 Å². The summed E-state index contributed by atoms with van der Waals surface area (Å²) < 4.78 is 95.8. The third-order valence-electron chi connectivity index (χ3n) is 4.35. The molecule has 11 heteroatoms. The number of anilines is 1. The molecular formula is C20H24F3NO5S2. The number of hydrogen-bond acceptors (Lipinski definition) is 5. The minimum absolute atomic E-state index is 0.0828. The molecule has 0 aliphatic rings. The van der Waals surface area contributed by atoms with Gasteiger partial charge in [0.25, 0.3) is 10.0 Å². The molecule has 0 spiro atoms. The van der Waals surface area contributed by atoms with Gasteiger partial charge in [0.05, 0.1) is 27.6 Å². The van der Waals surface area contributed by atoms with E-state index in [2.05, 4.69) is 4.72 Å². The molecule has 172 valence electrons. The molecular weight excluding hydrogens is 455 g/mol. The summed E-state index contributed by atoms with van der Waals surface area (Å²) >= 11 is 0. The zero-order valence-corrected chi connectivity index (χ0v) is 18.7. The van der Waals surface area contributed by atoms with Crippen molar-refractivity contribution in [1.82, 2.24) is 0 Å². The first-order valence-electron chi connectivity index (χ1n) is 9.51. The van der Waals surface area contributed by atoms with Crippen molar-refractivity contribution in [3.63, 3.8) is 0 Å². The van der Waals surface area contributed by atoms with Crippen molar-refractivity contribution in [1.29, 1.82) is 0 Å². The zero-order valence-electron chi connectivity index (χ0n) is 17.1. The predicted octanol–water partition coefficient (Wildman–Crippen LogP) is 4.87. The maximum atomic E-state index is 13.0. The Bertz CT molecular complexity index is 1110. The van der Waals surface area contributed by atoms with Crippen molar-refractivity contribution in [2.75, 3.05) is 17.6 Å². The van der Waals surface area contributed by atoms with Crippen molar-refractivity contribution < 1.29 is 34.7 Å². The summed E-state index contributed by atoms with van der Waals surface area (Å²) in [6.45, 7) is 2.32. The molecule has 0 aliphatic heterocycles. The van der Waals surface area contributed by atoms with Crippen LogP contribution in [-0.4, -0.2) is 29.7 Å². The molecule has 0 amide bonds. The van der Waals surface area contributed by atoms with Gasteiger partial charge in [0.1, 0.15) is 5.75 Å². The van der Waals surface area contributed by atoms with E-state index in [0.29, 0.717) is 12.5 Å². The second kappa shape index (κ2) is 9.90. The lowest BCUT2D eigenvalue weighted by molar-refractivity contribution is -0.137. The molecule has 2 aromatic carbocycles. The molecule has 0 aliphatic carbocycles. The smallest absolute Gasteiger partial charge is 0.416 e. The number of rotatable bonds is 10. The van der Waals surface area contributed by atoms with E-state index < -0.39 is 36.5 Å². The predicted molar refractivity (Wildman–Crippen MR) is 111 cm³/mol. The van der Waals surface area contributed by atoms with Crippen LogP contribution in [-0.2, 0) is 26.0 Å². The van der Waals surface area contributed by atoms with E-state index in [1.807, 2.05) is 6.92 Å². The third-order valence-corrected chi connectivity index (χ3v) is 6.82. The second-order valence-electron chi connectivity index (χ2n) is 6.97. The summed E-state index contributed by atoms with van der Waals surface area (Å²) in [5.74, 6) is 0.0828. The fraction of sp³-hybridized carbons (Fsp3) is 0.400. The number of halogens is 3. The lowest BCUT2D eigenvalue weighted by Gasteiger charge is -2.15. The van der Waals surface area contributed by atoms with E-state index in [-0.39, 0.29) is 22.9 Å². The van der Waals surface area contributed by atoms with Crippen LogP contribution in [0.1, 0.15) is 38.2 Å². The number of benzene rings is 2. The van der Waals surface area contributed by atoms with Crippen LogP contribution >= 0.6 is 0 Å². The van der Waals surface area contributed by atoms with Gasteiger partial charge in [-0.25, -0.2) is 16.8 Å². The maximum absolute atomic E-state index is 13.0. The van der Waals surface area contributed by atoms with Gasteiger partial charge >= 0.3 is 6.18 Å². The molecule has 1 N–H and O–H groups in total. The van der Waals surface area contributed by atoms with Gasteiger partial charge < -0.3 is 4.74 Å². The fourth-order valence-electron chi connectivity index (χ4n) is 2.70. The molecule has 0 radical (unpaired) electrons. The molecule has 2 rings (SSSR count). The SMILES string of the molecule is CCCCCCOc1ccc(S(C)(=O)=O)cc1NS(=O)(=O)c1cccc(C(F)(F)F)c1. The number of sulfone groups is 1. The molecule has 2 aromatic rings. The van der Waals surface area contributed by atoms with E-state index in [1.165, 1.54) is 12.1 Å². The molecule has 0 bridgehead atoms. The Balaban J connectivity index is 2.38. The first-order valence-corrected chi connectivity index (χ1v) is 12.9. The van der Waals surface area contributed by atoms with Crippen LogP contribution in [0.4, 0.5) is 18.9 Å². The lowest BCUT2D eigenvalue weighted by atomic mass is 10.2. The van der Waals surface area contributed by atoms with Crippen LogP contribution in [0, 0.1) is 0 Å². The monoisotopic (exact) mass is 479 g/mol. The van der Waals surface area contributed by atoms with Crippen LogP contribution in [0.2, 0.25) is 0 Å². The molecule has 0 saturated heterocycles. The summed E-state index contributed by atoms with van der Waals surface area (Å²) in [5, 5.41) is 0. The van der Waals surface area contributed by atoms with Crippen molar-refractivity contribution in [3.8, 4) is 5.75 Å². The highest BCUT2D eigenvalue weighted by atomic mass is 32.2. The highest BCUT2D eigenvalue weighted by Crippen LogP contribution is 2.33. The van der Waals surface area contributed by atoms with Gasteiger partial charge in [-0.05, 0) is 42.8 Å². The Morgan fingerprint density at radius 3 is 2.26 bits per heavy atom. The van der Waals surface area contributed by atoms with Crippen LogP contribution in [0.5, 0.6) is 5.75 Å². The second-order valence-corrected chi connectivity index (χ2v) is 10.7. The fourth-order valence-corrected chi connectivity index (χ4v) is 4.45. The molecule has 31 heavy (non-hydrogen) atoms.